The predicted molar refractivity (Wildman–Crippen MR) is 78.4 cm³/mol. The van der Waals surface area contributed by atoms with E-state index in [-0.39, 0.29) is 0 Å². The second-order valence-corrected chi connectivity index (χ2v) is 5.81. The number of benzene rings is 1. The number of thiazole rings is 1. The molecule has 0 bridgehead atoms. The van der Waals surface area contributed by atoms with E-state index in [1.54, 1.807) is 0 Å². The van der Waals surface area contributed by atoms with Gasteiger partial charge < -0.3 is 4.90 Å². The first-order valence-electron chi connectivity index (χ1n) is 6.56. The molecule has 0 atom stereocenters. The van der Waals surface area contributed by atoms with Gasteiger partial charge in [0.05, 0.1) is 6.20 Å². The SMILES string of the molecule is FC(F)(F)c1cnc(N2CC=C(c3ccccc3)CC2)s1. The number of hydrogen-bond acceptors (Lipinski definition) is 3. The summed E-state index contributed by atoms with van der Waals surface area (Å²) in [5, 5.41) is 0.436. The summed E-state index contributed by atoms with van der Waals surface area (Å²) in [4.78, 5) is 5.14. The van der Waals surface area contributed by atoms with Gasteiger partial charge in [-0.1, -0.05) is 47.7 Å². The number of alkyl halides is 3. The molecule has 0 saturated carbocycles. The normalized spacial score (nSPS) is 16.0. The van der Waals surface area contributed by atoms with Crippen molar-refractivity contribution in [3.8, 4) is 0 Å². The molecular formula is C15H13F3N2S. The molecule has 3 rings (SSSR count). The molecule has 0 saturated heterocycles. The maximum Gasteiger partial charge on any atom is 0.427 e. The highest BCUT2D eigenvalue weighted by Gasteiger charge is 2.34. The smallest absolute Gasteiger partial charge is 0.344 e. The first kappa shape index (κ1) is 14.1. The monoisotopic (exact) mass is 310 g/mol. The molecule has 2 nitrogen and oxygen atoms in total. The van der Waals surface area contributed by atoms with Crippen LogP contribution in [0.1, 0.15) is 16.9 Å². The van der Waals surface area contributed by atoms with Gasteiger partial charge in [-0.2, -0.15) is 13.2 Å². The van der Waals surface area contributed by atoms with Crippen LogP contribution in [0.15, 0.2) is 42.6 Å². The van der Waals surface area contributed by atoms with E-state index in [0.29, 0.717) is 29.6 Å². The van der Waals surface area contributed by atoms with Gasteiger partial charge in [-0.25, -0.2) is 4.98 Å². The van der Waals surface area contributed by atoms with Crippen LogP contribution in [0.4, 0.5) is 18.3 Å². The molecule has 21 heavy (non-hydrogen) atoms. The molecule has 0 spiro atoms. The van der Waals surface area contributed by atoms with Crippen LogP contribution < -0.4 is 4.90 Å². The van der Waals surface area contributed by atoms with Crippen LogP contribution in [0.2, 0.25) is 0 Å². The van der Waals surface area contributed by atoms with E-state index in [4.69, 9.17) is 0 Å². The average molecular weight is 310 g/mol. The first-order chi connectivity index (χ1) is 10.0. The number of hydrogen-bond donors (Lipinski definition) is 0. The highest BCUT2D eigenvalue weighted by Crippen LogP contribution is 2.37. The Kier molecular flexibility index (Phi) is 3.71. The third kappa shape index (κ3) is 3.10. The Bertz CT molecular complexity index is 646. The molecule has 1 aliphatic rings. The standard InChI is InChI=1S/C15H13F3N2S/c16-15(17,18)13-10-19-14(21-13)20-8-6-12(7-9-20)11-4-2-1-3-5-11/h1-6,10H,7-9H2. The first-order valence-corrected chi connectivity index (χ1v) is 7.38. The number of anilines is 1. The molecule has 0 N–H and O–H groups in total. The molecule has 0 fully saturated rings. The van der Waals surface area contributed by atoms with Crippen LogP contribution >= 0.6 is 11.3 Å². The van der Waals surface area contributed by atoms with Gasteiger partial charge in [-0.3, -0.25) is 0 Å². The Morgan fingerprint density at radius 3 is 2.48 bits per heavy atom. The van der Waals surface area contributed by atoms with E-state index < -0.39 is 11.1 Å². The summed E-state index contributed by atoms with van der Waals surface area (Å²) in [5.74, 6) is 0. The van der Waals surface area contributed by atoms with Gasteiger partial charge >= 0.3 is 6.18 Å². The minimum Gasteiger partial charge on any atom is -0.344 e. The lowest BCUT2D eigenvalue weighted by Gasteiger charge is -2.26. The van der Waals surface area contributed by atoms with Gasteiger partial charge in [0, 0.05) is 13.1 Å². The number of rotatable bonds is 2. The summed E-state index contributed by atoms with van der Waals surface area (Å²) in [6.45, 7) is 1.28. The summed E-state index contributed by atoms with van der Waals surface area (Å²) >= 11 is 0.704. The van der Waals surface area contributed by atoms with Crippen molar-refractivity contribution in [2.75, 3.05) is 18.0 Å². The Morgan fingerprint density at radius 2 is 1.90 bits per heavy atom. The zero-order chi connectivity index (χ0) is 14.9. The van der Waals surface area contributed by atoms with Gasteiger partial charge in [-0.15, -0.1) is 0 Å². The molecule has 110 valence electrons. The van der Waals surface area contributed by atoms with Crippen LogP contribution in [-0.2, 0) is 6.18 Å². The fraction of sp³-hybridized carbons (Fsp3) is 0.267. The minimum atomic E-state index is -4.31. The Balaban J connectivity index is 1.74. The second-order valence-electron chi connectivity index (χ2n) is 4.80. The Hall–Kier alpha value is -1.82. The molecule has 2 aromatic rings. The van der Waals surface area contributed by atoms with Gasteiger partial charge in [-0.05, 0) is 17.6 Å². The zero-order valence-electron chi connectivity index (χ0n) is 11.1. The summed E-state index contributed by atoms with van der Waals surface area (Å²) in [5.41, 5.74) is 2.41. The van der Waals surface area contributed by atoms with E-state index >= 15 is 0 Å². The maximum atomic E-state index is 12.6. The lowest BCUT2D eigenvalue weighted by atomic mass is 10.00. The van der Waals surface area contributed by atoms with E-state index in [1.807, 2.05) is 35.2 Å². The number of nitrogens with zero attached hydrogens (tertiary/aromatic N) is 2. The van der Waals surface area contributed by atoms with Crippen LogP contribution in [0.3, 0.4) is 0 Å². The van der Waals surface area contributed by atoms with Crippen molar-refractivity contribution in [3.63, 3.8) is 0 Å². The number of aromatic nitrogens is 1. The summed E-state index contributed by atoms with van der Waals surface area (Å²) in [6.07, 6.45) is -0.522. The second kappa shape index (κ2) is 5.52. The molecule has 0 unspecified atom stereocenters. The Labute approximate surface area is 124 Å². The predicted octanol–water partition coefficient (Wildman–Crippen LogP) is 4.46. The van der Waals surface area contributed by atoms with Crippen molar-refractivity contribution in [2.24, 2.45) is 0 Å². The van der Waals surface area contributed by atoms with Gasteiger partial charge in [0.1, 0.15) is 4.88 Å². The fourth-order valence-corrected chi connectivity index (χ4v) is 3.12. The largest absolute Gasteiger partial charge is 0.427 e. The van der Waals surface area contributed by atoms with Gasteiger partial charge in [0.15, 0.2) is 5.13 Å². The highest BCUT2D eigenvalue weighted by atomic mass is 32.1. The molecule has 0 radical (unpaired) electrons. The molecule has 6 heteroatoms. The molecule has 1 aromatic carbocycles. The Morgan fingerprint density at radius 1 is 1.14 bits per heavy atom. The summed E-state index contributed by atoms with van der Waals surface area (Å²) in [7, 11) is 0. The third-order valence-electron chi connectivity index (χ3n) is 3.40. The van der Waals surface area contributed by atoms with E-state index in [1.165, 1.54) is 11.1 Å². The van der Waals surface area contributed by atoms with Crippen molar-refractivity contribution < 1.29 is 13.2 Å². The molecule has 0 amide bonds. The quantitative estimate of drug-likeness (QED) is 0.814. The lowest BCUT2D eigenvalue weighted by molar-refractivity contribution is -0.134. The lowest BCUT2D eigenvalue weighted by Crippen LogP contribution is -2.27. The van der Waals surface area contributed by atoms with Gasteiger partial charge in [0.2, 0.25) is 0 Å². The van der Waals surface area contributed by atoms with Gasteiger partial charge in [0.25, 0.3) is 0 Å². The molecular weight excluding hydrogens is 297 g/mol. The zero-order valence-corrected chi connectivity index (χ0v) is 11.9. The molecule has 1 aromatic heterocycles. The topological polar surface area (TPSA) is 16.1 Å². The van der Waals surface area contributed by atoms with Crippen LogP contribution in [0.25, 0.3) is 5.57 Å². The third-order valence-corrected chi connectivity index (χ3v) is 4.50. The summed E-state index contributed by atoms with van der Waals surface area (Å²) in [6, 6.07) is 10.0. The van der Waals surface area contributed by atoms with E-state index in [0.717, 1.165) is 12.6 Å². The van der Waals surface area contributed by atoms with Crippen LogP contribution in [0, 0.1) is 0 Å². The van der Waals surface area contributed by atoms with Crippen molar-refractivity contribution in [1.29, 1.82) is 0 Å². The minimum absolute atomic E-state index is 0.436. The van der Waals surface area contributed by atoms with Crippen LogP contribution in [0.5, 0.6) is 0 Å². The van der Waals surface area contributed by atoms with Crippen molar-refractivity contribution in [1.82, 2.24) is 4.98 Å². The summed E-state index contributed by atoms with van der Waals surface area (Å²) < 4.78 is 37.8. The molecule has 0 aliphatic carbocycles. The molecule has 2 heterocycles. The van der Waals surface area contributed by atoms with Crippen LogP contribution in [-0.4, -0.2) is 18.1 Å². The fourth-order valence-electron chi connectivity index (χ4n) is 2.30. The van der Waals surface area contributed by atoms with E-state index in [9.17, 15) is 13.2 Å². The van der Waals surface area contributed by atoms with Crippen molar-refractivity contribution in [2.45, 2.75) is 12.6 Å². The number of halogens is 3. The maximum absolute atomic E-state index is 12.6. The van der Waals surface area contributed by atoms with Crippen molar-refractivity contribution >= 4 is 22.0 Å². The average Bonchev–Trinajstić information content (AvgIpc) is 2.98. The molecule has 1 aliphatic heterocycles. The van der Waals surface area contributed by atoms with E-state index in [2.05, 4.69) is 11.1 Å². The van der Waals surface area contributed by atoms with Crippen molar-refractivity contribution in [3.05, 3.63) is 53.0 Å². The highest BCUT2D eigenvalue weighted by molar-refractivity contribution is 7.15.